The Kier molecular flexibility index (Phi) is 3.24. The molecule has 2 heterocycles. The van der Waals surface area contributed by atoms with E-state index in [1.807, 2.05) is 24.3 Å². The van der Waals surface area contributed by atoms with Crippen LogP contribution < -0.4 is 15.4 Å². The molecule has 104 valence electrons. The van der Waals surface area contributed by atoms with Crippen LogP contribution in [0.5, 0.6) is 5.75 Å². The minimum Gasteiger partial charge on any atom is -0.493 e. The number of hydrogen-bond acceptors (Lipinski definition) is 4. The zero-order chi connectivity index (χ0) is 13.9. The number of para-hydroxylation sites is 1. The normalized spacial score (nSPS) is 16.9. The molecule has 3 rings (SSSR count). The number of carbonyl (C=O) groups excluding carboxylic acids is 1. The Bertz CT molecular complexity index is 625. The van der Waals surface area contributed by atoms with Crippen LogP contribution in [0, 0.1) is 0 Å². The Morgan fingerprint density at radius 3 is 3.10 bits per heavy atom. The molecule has 0 saturated carbocycles. The quantitative estimate of drug-likeness (QED) is 0.868. The topological polar surface area (TPSA) is 81.1 Å². The fraction of sp³-hybridized carbons (Fsp3) is 0.308. The maximum absolute atomic E-state index is 12.0. The Balaban J connectivity index is 1.70. The van der Waals surface area contributed by atoms with Gasteiger partial charge in [0.2, 0.25) is 5.95 Å². The molecule has 20 heavy (non-hydrogen) atoms. The van der Waals surface area contributed by atoms with Crippen LogP contribution in [-0.4, -0.2) is 27.4 Å². The fourth-order valence-corrected chi connectivity index (χ4v) is 2.20. The maximum Gasteiger partial charge on any atom is 0.322 e. The molecule has 0 saturated heterocycles. The van der Waals surface area contributed by atoms with Gasteiger partial charge in [0.1, 0.15) is 12.1 Å². The molecule has 0 bridgehead atoms. The van der Waals surface area contributed by atoms with Gasteiger partial charge in [-0.05, 0) is 6.07 Å². The van der Waals surface area contributed by atoms with Crippen LogP contribution in [0.25, 0.3) is 0 Å². The zero-order valence-electron chi connectivity index (χ0n) is 11.0. The van der Waals surface area contributed by atoms with Gasteiger partial charge in [-0.25, -0.2) is 9.48 Å². The molecule has 1 atom stereocenters. The van der Waals surface area contributed by atoms with E-state index in [0.29, 0.717) is 12.6 Å². The largest absolute Gasteiger partial charge is 0.493 e. The second-order valence-corrected chi connectivity index (χ2v) is 4.53. The number of nitrogens with one attached hydrogen (secondary N) is 2. The molecule has 2 amide bonds. The number of aryl methyl sites for hydroxylation is 1. The Labute approximate surface area is 116 Å². The van der Waals surface area contributed by atoms with Crippen molar-refractivity contribution in [2.45, 2.75) is 12.5 Å². The first-order chi connectivity index (χ1) is 9.74. The van der Waals surface area contributed by atoms with E-state index in [2.05, 4.69) is 20.7 Å². The summed E-state index contributed by atoms with van der Waals surface area (Å²) < 4.78 is 7.06. The van der Waals surface area contributed by atoms with E-state index in [0.717, 1.165) is 17.7 Å². The van der Waals surface area contributed by atoms with Crippen molar-refractivity contribution in [2.24, 2.45) is 7.05 Å². The molecule has 2 aromatic rings. The Hall–Kier alpha value is -2.57. The summed E-state index contributed by atoms with van der Waals surface area (Å²) in [7, 11) is 1.71. The summed E-state index contributed by atoms with van der Waals surface area (Å²) in [5.74, 6) is 1.23. The lowest BCUT2D eigenvalue weighted by Crippen LogP contribution is -2.35. The number of carbonyl (C=O) groups is 1. The first kappa shape index (κ1) is 12.5. The third-order valence-corrected chi connectivity index (χ3v) is 3.20. The molecule has 0 radical (unpaired) electrons. The highest BCUT2D eigenvalue weighted by atomic mass is 16.5. The van der Waals surface area contributed by atoms with Gasteiger partial charge in [-0.15, -0.1) is 0 Å². The molecule has 7 heteroatoms. The second-order valence-electron chi connectivity index (χ2n) is 4.53. The fourth-order valence-electron chi connectivity index (χ4n) is 2.20. The molecular weight excluding hydrogens is 258 g/mol. The molecule has 7 nitrogen and oxygen atoms in total. The summed E-state index contributed by atoms with van der Waals surface area (Å²) >= 11 is 0. The standard InChI is InChI=1S/C13H15N5O2/c1-18-12(14-8-15-18)17-13(19)16-10-6-7-20-11-5-3-2-4-9(10)11/h2-5,8,10H,6-7H2,1H3,(H2,14,15,16,17,19)/t10-/m1/s1. The Morgan fingerprint density at radius 1 is 1.45 bits per heavy atom. The van der Waals surface area contributed by atoms with Crippen LogP contribution in [-0.2, 0) is 7.05 Å². The number of urea groups is 1. The van der Waals surface area contributed by atoms with Gasteiger partial charge in [-0.1, -0.05) is 18.2 Å². The third-order valence-electron chi connectivity index (χ3n) is 3.20. The molecule has 2 N–H and O–H groups in total. The van der Waals surface area contributed by atoms with Crippen molar-refractivity contribution >= 4 is 12.0 Å². The summed E-state index contributed by atoms with van der Waals surface area (Å²) in [5, 5.41) is 9.49. The number of fused-ring (bicyclic) bond motifs is 1. The summed E-state index contributed by atoms with van der Waals surface area (Å²) in [6.45, 7) is 0.589. The van der Waals surface area contributed by atoms with E-state index in [1.165, 1.54) is 11.0 Å². The molecule has 1 aromatic carbocycles. The van der Waals surface area contributed by atoms with Gasteiger partial charge in [0, 0.05) is 19.0 Å². The van der Waals surface area contributed by atoms with E-state index in [4.69, 9.17) is 4.74 Å². The van der Waals surface area contributed by atoms with Gasteiger partial charge < -0.3 is 10.1 Å². The minimum absolute atomic E-state index is 0.0619. The van der Waals surface area contributed by atoms with Gasteiger partial charge >= 0.3 is 6.03 Å². The lowest BCUT2D eigenvalue weighted by Gasteiger charge is -2.26. The predicted molar refractivity (Wildman–Crippen MR) is 72.5 cm³/mol. The van der Waals surface area contributed by atoms with Crippen molar-refractivity contribution in [3.63, 3.8) is 0 Å². The third kappa shape index (κ3) is 2.42. The molecule has 0 fully saturated rings. The smallest absolute Gasteiger partial charge is 0.322 e. The van der Waals surface area contributed by atoms with Gasteiger partial charge in [0.25, 0.3) is 0 Å². The van der Waals surface area contributed by atoms with Crippen LogP contribution >= 0.6 is 0 Å². The number of anilines is 1. The first-order valence-corrected chi connectivity index (χ1v) is 6.37. The molecule has 0 aliphatic carbocycles. The van der Waals surface area contributed by atoms with E-state index in [-0.39, 0.29) is 12.1 Å². The van der Waals surface area contributed by atoms with Crippen molar-refractivity contribution in [3.8, 4) is 5.75 Å². The summed E-state index contributed by atoms with van der Waals surface area (Å²) in [4.78, 5) is 15.9. The van der Waals surface area contributed by atoms with Gasteiger partial charge in [-0.3, -0.25) is 5.32 Å². The lowest BCUT2D eigenvalue weighted by atomic mass is 10.0. The van der Waals surface area contributed by atoms with Gasteiger partial charge in [0.15, 0.2) is 0 Å². The van der Waals surface area contributed by atoms with Crippen molar-refractivity contribution in [1.82, 2.24) is 20.1 Å². The van der Waals surface area contributed by atoms with Crippen LogP contribution in [0.3, 0.4) is 0 Å². The van der Waals surface area contributed by atoms with Crippen molar-refractivity contribution in [1.29, 1.82) is 0 Å². The molecule has 0 spiro atoms. The van der Waals surface area contributed by atoms with Crippen LogP contribution in [0.2, 0.25) is 0 Å². The summed E-state index contributed by atoms with van der Waals surface area (Å²) in [6.07, 6.45) is 2.13. The highest BCUT2D eigenvalue weighted by molar-refractivity contribution is 5.87. The van der Waals surface area contributed by atoms with Gasteiger partial charge in [-0.2, -0.15) is 10.1 Å². The second kappa shape index (κ2) is 5.20. The molecule has 1 aliphatic rings. The van der Waals surface area contributed by atoms with Crippen LogP contribution in [0.4, 0.5) is 10.7 Å². The number of rotatable bonds is 2. The van der Waals surface area contributed by atoms with Gasteiger partial charge in [0.05, 0.1) is 12.6 Å². The first-order valence-electron chi connectivity index (χ1n) is 6.37. The predicted octanol–water partition coefficient (Wildman–Crippen LogP) is 1.46. The Morgan fingerprint density at radius 2 is 2.30 bits per heavy atom. The summed E-state index contributed by atoms with van der Waals surface area (Å²) in [6, 6.07) is 7.35. The number of ether oxygens (including phenoxy) is 1. The minimum atomic E-state index is -0.303. The number of benzene rings is 1. The molecule has 1 aliphatic heterocycles. The number of amides is 2. The lowest BCUT2D eigenvalue weighted by molar-refractivity contribution is 0.232. The SMILES string of the molecule is Cn1ncnc1NC(=O)N[C@@H]1CCOc2ccccc21. The number of aromatic nitrogens is 3. The van der Waals surface area contributed by atoms with Crippen LogP contribution in [0.1, 0.15) is 18.0 Å². The molecular formula is C13H15N5O2. The van der Waals surface area contributed by atoms with E-state index in [1.54, 1.807) is 7.05 Å². The molecule has 0 unspecified atom stereocenters. The highest BCUT2D eigenvalue weighted by Gasteiger charge is 2.22. The van der Waals surface area contributed by atoms with Crippen molar-refractivity contribution in [3.05, 3.63) is 36.2 Å². The van der Waals surface area contributed by atoms with E-state index in [9.17, 15) is 4.79 Å². The maximum atomic E-state index is 12.0. The number of hydrogen-bond donors (Lipinski definition) is 2. The monoisotopic (exact) mass is 273 g/mol. The average molecular weight is 273 g/mol. The van der Waals surface area contributed by atoms with E-state index < -0.39 is 0 Å². The molecule has 1 aromatic heterocycles. The zero-order valence-corrected chi connectivity index (χ0v) is 11.0. The van der Waals surface area contributed by atoms with E-state index >= 15 is 0 Å². The summed E-state index contributed by atoms with van der Waals surface area (Å²) in [5.41, 5.74) is 0.992. The average Bonchev–Trinajstić information content (AvgIpc) is 2.85. The van der Waals surface area contributed by atoms with Crippen molar-refractivity contribution < 1.29 is 9.53 Å². The highest BCUT2D eigenvalue weighted by Crippen LogP contribution is 2.31. The van der Waals surface area contributed by atoms with Crippen LogP contribution in [0.15, 0.2) is 30.6 Å². The number of nitrogens with zero attached hydrogens (tertiary/aromatic N) is 3. The van der Waals surface area contributed by atoms with Crippen molar-refractivity contribution in [2.75, 3.05) is 11.9 Å².